The molecular formula is C33H36F3N7O3. The fourth-order valence-electron chi connectivity index (χ4n) is 6.38. The van der Waals surface area contributed by atoms with Gasteiger partial charge in [-0.25, -0.2) is 4.68 Å². The van der Waals surface area contributed by atoms with Crippen molar-refractivity contribution in [2.24, 2.45) is 5.41 Å². The number of nitrogen functional groups attached to an aromatic ring is 1. The highest BCUT2D eigenvalue weighted by Gasteiger charge is 2.46. The molecule has 6 rings (SSSR count). The molecule has 13 heteroatoms. The molecule has 0 amide bonds. The van der Waals surface area contributed by atoms with Gasteiger partial charge in [0.15, 0.2) is 0 Å². The molecule has 46 heavy (non-hydrogen) atoms. The Labute approximate surface area is 264 Å². The number of hydrogen-bond acceptors (Lipinski definition) is 8. The summed E-state index contributed by atoms with van der Waals surface area (Å²) in [7, 11) is 0. The Morgan fingerprint density at radius 2 is 1.76 bits per heavy atom. The third-order valence-electron chi connectivity index (χ3n) is 9.17. The Morgan fingerprint density at radius 1 is 1.04 bits per heavy atom. The van der Waals surface area contributed by atoms with Crippen molar-refractivity contribution in [3.05, 3.63) is 77.1 Å². The number of carboxylic acid groups (broad SMARTS) is 1. The van der Waals surface area contributed by atoms with E-state index in [1.807, 2.05) is 36.9 Å². The Hall–Kier alpha value is -4.65. The van der Waals surface area contributed by atoms with Gasteiger partial charge >= 0.3 is 12.1 Å². The molecule has 2 saturated heterocycles. The van der Waals surface area contributed by atoms with Crippen LogP contribution in [0.1, 0.15) is 47.8 Å². The summed E-state index contributed by atoms with van der Waals surface area (Å²) in [6.45, 7) is 7.43. The fraction of sp³-hybridized carbons (Fsp3) is 0.394. The number of anilines is 2. The van der Waals surface area contributed by atoms with Crippen molar-refractivity contribution in [1.29, 1.82) is 0 Å². The van der Waals surface area contributed by atoms with E-state index in [1.165, 1.54) is 16.8 Å². The van der Waals surface area contributed by atoms with Crippen molar-refractivity contribution in [3.63, 3.8) is 0 Å². The van der Waals surface area contributed by atoms with Crippen LogP contribution in [0.25, 0.3) is 16.8 Å². The molecule has 0 radical (unpaired) electrons. The van der Waals surface area contributed by atoms with Crippen LogP contribution in [-0.2, 0) is 4.79 Å². The largest absolute Gasteiger partial charge is 0.480 e. The van der Waals surface area contributed by atoms with E-state index in [4.69, 9.17) is 10.5 Å². The van der Waals surface area contributed by atoms with Crippen LogP contribution in [0.2, 0.25) is 0 Å². The topological polar surface area (TPSA) is 131 Å². The lowest BCUT2D eigenvalue weighted by atomic mass is 9.76. The summed E-state index contributed by atoms with van der Waals surface area (Å²) in [6.07, 6.45) is -3.64. The maximum absolute atomic E-state index is 14.8. The highest BCUT2D eigenvalue weighted by Crippen LogP contribution is 2.43. The molecule has 0 aliphatic carbocycles. The van der Waals surface area contributed by atoms with Crippen LogP contribution in [0.15, 0.2) is 54.7 Å². The number of nitrogens with two attached hydrogens (primary N) is 1. The van der Waals surface area contributed by atoms with Crippen LogP contribution in [0.5, 0.6) is 5.88 Å². The van der Waals surface area contributed by atoms with E-state index in [0.29, 0.717) is 50.4 Å². The van der Waals surface area contributed by atoms with Gasteiger partial charge in [-0.2, -0.15) is 28.2 Å². The maximum Gasteiger partial charge on any atom is 0.429 e. The van der Waals surface area contributed by atoms with Crippen LogP contribution in [0, 0.1) is 26.2 Å². The molecule has 2 atom stereocenters. The predicted octanol–water partition coefficient (Wildman–Crippen LogP) is 5.55. The average Bonchev–Trinajstić information content (AvgIpc) is 3.63. The van der Waals surface area contributed by atoms with Crippen LogP contribution in [0.4, 0.5) is 24.9 Å². The van der Waals surface area contributed by atoms with Gasteiger partial charge in [-0.3, -0.25) is 4.79 Å². The number of aliphatic carboxylic acids is 1. The molecule has 1 spiro atoms. The molecular weight excluding hydrogens is 599 g/mol. The Bertz CT molecular complexity index is 1770. The van der Waals surface area contributed by atoms with E-state index < -0.39 is 24.3 Å². The predicted molar refractivity (Wildman–Crippen MR) is 167 cm³/mol. The van der Waals surface area contributed by atoms with E-state index in [2.05, 4.69) is 20.4 Å². The lowest BCUT2D eigenvalue weighted by Gasteiger charge is -2.39. The molecule has 4 N–H and O–H groups in total. The van der Waals surface area contributed by atoms with Crippen molar-refractivity contribution in [2.45, 2.75) is 58.4 Å². The second-order valence-corrected chi connectivity index (χ2v) is 12.4. The van der Waals surface area contributed by atoms with Crippen LogP contribution in [-0.4, -0.2) is 62.7 Å². The fourth-order valence-corrected chi connectivity index (χ4v) is 6.38. The first kappa shape index (κ1) is 31.3. The van der Waals surface area contributed by atoms with Crippen molar-refractivity contribution >= 4 is 17.7 Å². The molecule has 1 unspecified atom stereocenters. The van der Waals surface area contributed by atoms with Gasteiger partial charge < -0.3 is 25.8 Å². The van der Waals surface area contributed by atoms with Crippen molar-refractivity contribution in [1.82, 2.24) is 25.1 Å². The Balaban J connectivity index is 1.31. The van der Waals surface area contributed by atoms with Gasteiger partial charge in [0.25, 0.3) is 0 Å². The number of nitrogens with one attached hydrogen (secondary N) is 1. The van der Waals surface area contributed by atoms with Gasteiger partial charge in [0.1, 0.15) is 11.9 Å². The van der Waals surface area contributed by atoms with E-state index in [9.17, 15) is 23.1 Å². The molecule has 2 aliphatic heterocycles. The second-order valence-electron chi connectivity index (χ2n) is 12.4. The molecule has 4 heterocycles. The number of carboxylic acids is 1. The van der Waals surface area contributed by atoms with Crippen molar-refractivity contribution in [2.75, 3.05) is 30.3 Å². The zero-order valence-corrected chi connectivity index (χ0v) is 25.8. The molecule has 0 bridgehead atoms. The molecule has 0 saturated carbocycles. The summed E-state index contributed by atoms with van der Waals surface area (Å²) in [5.74, 6) is -1.03. The molecule has 2 aromatic carbocycles. The summed E-state index contributed by atoms with van der Waals surface area (Å²) >= 11 is 0. The highest BCUT2D eigenvalue weighted by molar-refractivity contribution is 5.74. The van der Waals surface area contributed by atoms with Crippen molar-refractivity contribution < 1.29 is 27.8 Å². The molecule has 2 aliphatic rings. The number of rotatable bonds is 7. The normalized spacial score (nSPS) is 18.6. The van der Waals surface area contributed by atoms with E-state index >= 15 is 0 Å². The van der Waals surface area contributed by atoms with Crippen LogP contribution < -0.4 is 20.7 Å². The van der Waals surface area contributed by atoms with Crippen LogP contribution >= 0.6 is 0 Å². The third-order valence-corrected chi connectivity index (χ3v) is 9.17. The number of halogens is 3. The number of carbonyl (C=O) groups is 1. The summed E-state index contributed by atoms with van der Waals surface area (Å²) in [4.78, 5) is 21.7. The number of aromatic nitrogens is 4. The summed E-state index contributed by atoms with van der Waals surface area (Å²) in [5, 5.41) is 16.9. The maximum atomic E-state index is 14.8. The second kappa shape index (κ2) is 11.9. The minimum atomic E-state index is -4.81. The number of ether oxygens (including phenoxy) is 1. The number of nitrogens with zero attached hydrogens (tertiary/aromatic N) is 5. The van der Waals surface area contributed by atoms with Gasteiger partial charge in [-0.05, 0) is 79.8 Å². The highest BCUT2D eigenvalue weighted by atomic mass is 19.4. The molecule has 10 nitrogen and oxygen atoms in total. The van der Waals surface area contributed by atoms with Gasteiger partial charge in [-0.1, -0.05) is 30.3 Å². The number of piperidine rings is 1. The Kier molecular flexibility index (Phi) is 8.13. The third kappa shape index (κ3) is 6.37. The van der Waals surface area contributed by atoms with Gasteiger partial charge in [-0.15, -0.1) is 0 Å². The lowest BCUT2D eigenvalue weighted by molar-refractivity contribution is -0.198. The standard InChI is InChI=1S/C33H36F3N7O3/c1-19-4-5-22(14-20(19)2)23-6-7-24(26(15-23)43-11-8-21(3)41-43)29(33(34,35)36)46-28-16-27(39-31(37)40-28)42-12-9-32(10-13-42)17-25(30(44)45)38-18-32/h4-8,11,14-16,25,29,38H,9-10,12-13,17-18H2,1-3H3,(H,44,45)(H2,37,39,40)/t25-,29?/m1/s1. The van der Waals surface area contributed by atoms with Crippen molar-refractivity contribution in [3.8, 4) is 22.7 Å². The summed E-state index contributed by atoms with van der Waals surface area (Å²) in [5.41, 5.74) is 10.4. The van der Waals surface area contributed by atoms with E-state index in [-0.39, 0.29) is 28.5 Å². The Morgan fingerprint density at radius 3 is 2.39 bits per heavy atom. The quantitative estimate of drug-likeness (QED) is 0.239. The number of aryl methyl sites for hydroxylation is 3. The monoisotopic (exact) mass is 635 g/mol. The lowest BCUT2D eigenvalue weighted by Crippen LogP contribution is -2.41. The first-order valence-electron chi connectivity index (χ1n) is 15.1. The van der Waals surface area contributed by atoms with E-state index in [0.717, 1.165) is 22.3 Å². The summed E-state index contributed by atoms with van der Waals surface area (Å²) in [6, 6.07) is 13.2. The van der Waals surface area contributed by atoms with Crippen LogP contribution in [0.3, 0.4) is 0 Å². The smallest absolute Gasteiger partial charge is 0.429 e. The number of benzene rings is 2. The zero-order valence-electron chi connectivity index (χ0n) is 25.8. The molecule has 242 valence electrons. The number of hydrogen-bond donors (Lipinski definition) is 3. The SMILES string of the molecule is Cc1ccn(-c2cc(-c3ccc(C)c(C)c3)ccc2C(Oc2cc(N3CCC4(CC3)CN[C@@H](C(=O)O)C4)nc(N)n2)C(F)(F)F)n1. The molecule has 2 aromatic heterocycles. The minimum Gasteiger partial charge on any atom is -0.480 e. The van der Waals surface area contributed by atoms with E-state index in [1.54, 1.807) is 31.3 Å². The summed E-state index contributed by atoms with van der Waals surface area (Å²) < 4.78 is 51.6. The average molecular weight is 636 g/mol. The minimum absolute atomic E-state index is 0.136. The van der Waals surface area contributed by atoms with Gasteiger partial charge in [0, 0.05) is 37.5 Å². The van der Waals surface area contributed by atoms with Gasteiger partial charge in [0.2, 0.25) is 17.9 Å². The molecule has 2 fully saturated rings. The van der Waals surface area contributed by atoms with Gasteiger partial charge in [0.05, 0.1) is 11.4 Å². The first-order valence-corrected chi connectivity index (χ1v) is 15.1. The number of alkyl halides is 3. The zero-order chi connectivity index (χ0) is 32.8. The first-order chi connectivity index (χ1) is 21.8. The molecule has 4 aromatic rings.